The van der Waals surface area contributed by atoms with E-state index in [9.17, 15) is 69.6 Å². The summed E-state index contributed by atoms with van der Waals surface area (Å²) < 4.78 is 171. The van der Waals surface area contributed by atoms with Gasteiger partial charge in [-0.25, -0.2) is 0 Å². The van der Waals surface area contributed by atoms with E-state index in [1.807, 2.05) is 0 Å². The molecule has 8 N–H and O–H groups in total. The number of ketones is 1. The molecule has 0 radical (unpaired) electrons. The van der Waals surface area contributed by atoms with Gasteiger partial charge < -0.3 is 10.9 Å². The fourth-order valence-corrected chi connectivity index (χ4v) is 10.1. The number of hydrazine groups is 1. The van der Waals surface area contributed by atoms with Crippen LogP contribution in [0.4, 0.5) is 28.4 Å². The highest BCUT2D eigenvalue weighted by atomic mass is 32.2. The number of nitrogens with zero attached hydrogens (tertiary/aromatic N) is 4. The Morgan fingerprint density at radius 2 is 1.03 bits per heavy atom. The molecule has 0 atom stereocenters. The van der Waals surface area contributed by atoms with E-state index in [1.54, 1.807) is 0 Å². The van der Waals surface area contributed by atoms with E-state index in [4.69, 9.17) is 5.41 Å². The van der Waals surface area contributed by atoms with Crippen molar-refractivity contribution in [1.29, 1.82) is 5.41 Å². The minimum Gasteiger partial charge on any atom is -0.301 e. The molecule has 0 saturated carbocycles. The summed E-state index contributed by atoms with van der Waals surface area (Å²) in [5.41, 5.74) is 4.58. The van der Waals surface area contributed by atoms with E-state index in [1.165, 1.54) is 54.6 Å². The minimum absolute atomic E-state index is 0.00568. The van der Waals surface area contributed by atoms with Crippen LogP contribution < -0.4 is 10.9 Å². The first kappa shape index (κ1) is 47.3. The predicted molar refractivity (Wildman–Crippen MR) is 244 cm³/mol. The lowest BCUT2D eigenvalue weighted by Gasteiger charge is -2.18. The van der Waals surface area contributed by atoms with Gasteiger partial charge in [0, 0.05) is 38.4 Å². The highest BCUT2D eigenvalue weighted by molar-refractivity contribution is 7.90. The molecule has 0 heterocycles. The average Bonchev–Trinajstić information content (AvgIpc) is 3.25. The van der Waals surface area contributed by atoms with Crippen molar-refractivity contribution in [3.63, 3.8) is 0 Å². The first-order chi connectivity index (χ1) is 31.7. The van der Waals surface area contributed by atoms with Crippen molar-refractivity contribution < 1.29 is 69.6 Å². The second kappa shape index (κ2) is 16.8. The molecule has 0 fully saturated rings. The molecular weight excluding hydrogens is 995 g/mol. The first-order valence-corrected chi connectivity index (χ1v) is 25.8. The first-order valence-electron chi connectivity index (χ1n) is 18.6. The zero-order valence-electron chi connectivity index (χ0n) is 33.5. The van der Waals surface area contributed by atoms with Gasteiger partial charge in [-0.3, -0.25) is 33.0 Å². The Hall–Kier alpha value is -7.25. The number of fused-ring (bicyclic) bond motifs is 4. The Balaban J connectivity index is 1.20. The Labute approximate surface area is 383 Å². The number of carbonyl (C=O) groups excluding carboxylic acids is 1. The molecule has 28 heteroatoms. The molecular formula is C40H27N7O16S5. The predicted octanol–water partition coefficient (Wildman–Crippen LogP) is 7.20. The SMILES string of the molecule is N=C1C=CC2=CC(S(=O)(=O)O)=CC(=O)C2=C1N=Nc1ccc(N=Nc2ccc(NNc3cc(S(=O)(=O)O)c4cccc(S(=O)(=O)O)c4c3)c3ccc(S(=O)(=O)O)cc23)c2cc(S(=O)(=O)O)ccc12. The molecule has 2 aliphatic rings. The second-order valence-corrected chi connectivity index (χ2v) is 21.5. The molecule has 6 aromatic carbocycles. The smallest absolute Gasteiger partial charge is 0.295 e. The summed E-state index contributed by atoms with van der Waals surface area (Å²) >= 11 is 0. The van der Waals surface area contributed by atoms with Crippen molar-refractivity contribution in [3.8, 4) is 0 Å². The third kappa shape index (κ3) is 9.35. The van der Waals surface area contributed by atoms with E-state index < -0.39 is 80.9 Å². The number of carbonyl (C=O) groups is 1. The number of azo groups is 2. The van der Waals surface area contributed by atoms with Gasteiger partial charge in [0.25, 0.3) is 50.6 Å². The molecule has 6 aromatic rings. The molecule has 68 heavy (non-hydrogen) atoms. The van der Waals surface area contributed by atoms with Gasteiger partial charge in [-0.2, -0.15) is 42.1 Å². The molecule has 348 valence electrons. The fraction of sp³-hybridized carbons (Fsp3) is 0. The van der Waals surface area contributed by atoms with Crippen LogP contribution in [-0.2, 0) is 55.4 Å². The Bertz CT molecular complexity index is 4090. The maximum atomic E-state index is 13.0. The van der Waals surface area contributed by atoms with Gasteiger partial charge in [-0.15, -0.1) is 20.5 Å². The normalized spacial score (nSPS) is 15.1. The monoisotopic (exact) mass is 1020 g/mol. The second-order valence-electron chi connectivity index (χ2n) is 14.5. The summed E-state index contributed by atoms with van der Waals surface area (Å²) in [7, 11) is -24.3. The largest absolute Gasteiger partial charge is 0.301 e. The zero-order valence-corrected chi connectivity index (χ0v) is 37.6. The molecule has 0 spiro atoms. The summed E-state index contributed by atoms with van der Waals surface area (Å²) in [6, 6.07) is 17.5. The number of anilines is 2. The molecule has 0 amide bonds. The molecule has 23 nitrogen and oxygen atoms in total. The summed E-state index contributed by atoms with van der Waals surface area (Å²) in [5, 5.41) is 25.0. The van der Waals surface area contributed by atoms with Crippen molar-refractivity contribution in [2.24, 2.45) is 20.5 Å². The Kier molecular flexibility index (Phi) is 11.7. The van der Waals surface area contributed by atoms with Crippen molar-refractivity contribution in [3.05, 3.63) is 137 Å². The van der Waals surface area contributed by atoms with Crippen molar-refractivity contribution in [2.75, 3.05) is 10.9 Å². The lowest BCUT2D eigenvalue weighted by molar-refractivity contribution is -0.111. The van der Waals surface area contributed by atoms with Crippen molar-refractivity contribution in [1.82, 2.24) is 0 Å². The summed E-state index contributed by atoms with van der Waals surface area (Å²) in [6.45, 7) is 0. The minimum atomic E-state index is -4.98. The van der Waals surface area contributed by atoms with Gasteiger partial charge in [-0.05, 0) is 84.5 Å². The van der Waals surface area contributed by atoms with E-state index in [-0.39, 0.29) is 83.3 Å². The third-order valence-electron chi connectivity index (χ3n) is 10.2. The topological polar surface area (TPSA) is 386 Å². The molecule has 2 aliphatic carbocycles. The lowest BCUT2D eigenvalue weighted by Crippen LogP contribution is -2.18. The number of hydrogen-bond acceptors (Lipinski definition) is 18. The van der Waals surface area contributed by atoms with E-state index in [0.717, 1.165) is 54.6 Å². The van der Waals surface area contributed by atoms with Gasteiger partial charge in [0.1, 0.15) is 15.5 Å². The van der Waals surface area contributed by atoms with Crippen LogP contribution in [0.3, 0.4) is 0 Å². The fourth-order valence-electron chi connectivity index (χ4n) is 7.12. The number of hydrogen-bond donors (Lipinski definition) is 8. The average molecular weight is 1020 g/mol. The quantitative estimate of drug-likeness (QED) is 0.0341. The summed E-state index contributed by atoms with van der Waals surface area (Å²) in [6.07, 6.45) is 4.14. The Morgan fingerprint density at radius 3 is 1.62 bits per heavy atom. The van der Waals surface area contributed by atoms with E-state index in [0.29, 0.717) is 6.08 Å². The maximum absolute atomic E-state index is 13.0. The van der Waals surface area contributed by atoms with Gasteiger partial charge in [-0.1, -0.05) is 30.3 Å². The molecule has 0 aromatic heterocycles. The Morgan fingerprint density at radius 1 is 0.471 bits per heavy atom. The number of rotatable bonds is 12. The molecule has 0 aliphatic heterocycles. The van der Waals surface area contributed by atoms with E-state index >= 15 is 0 Å². The summed E-state index contributed by atoms with van der Waals surface area (Å²) in [4.78, 5) is 9.77. The molecule has 0 bridgehead atoms. The number of allylic oxidation sites excluding steroid dienone is 6. The van der Waals surface area contributed by atoms with Gasteiger partial charge in [0.2, 0.25) is 0 Å². The van der Waals surface area contributed by atoms with Gasteiger partial charge in [0.15, 0.2) is 5.78 Å². The molecule has 8 rings (SSSR count). The van der Waals surface area contributed by atoms with Crippen LogP contribution in [0.2, 0.25) is 0 Å². The third-order valence-corrected chi connectivity index (χ3v) is 14.5. The van der Waals surface area contributed by atoms with Crippen molar-refractivity contribution >= 4 is 123 Å². The number of nitrogens with one attached hydrogen (secondary N) is 3. The summed E-state index contributed by atoms with van der Waals surface area (Å²) in [5.74, 6) is -0.899. The van der Waals surface area contributed by atoms with Gasteiger partial charge >= 0.3 is 0 Å². The number of benzene rings is 6. The van der Waals surface area contributed by atoms with Crippen LogP contribution in [0.25, 0.3) is 32.3 Å². The van der Waals surface area contributed by atoms with Crippen LogP contribution in [0.15, 0.2) is 177 Å². The molecule has 0 unspecified atom stereocenters. The van der Waals surface area contributed by atoms with E-state index in [2.05, 4.69) is 31.3 Å². The van der Waals surface area contributed by atoms with Crippen LogP contribution in [-0.4, -0.2) is 76.3 Å². The maximum Gasteiger partial charge on any atom is 0.295 e. The highest BCUT2D eigenvalue weighted by Crippen LogP contribution is 2.40. The standard InChI is InChI=1S/C40H27N7O16S5/c41-31-9-4-20-14-24(66(55,56)57)19-36(48)39(20)40(31)47-46-33-11-13-35(29-18-23(65(52,53)54)6-8-26(29)33)45-44-34-12-10-32(25-7-5-22(17-28(25)34)64(49,50)51)43-42-21-15-30-27(38(16-21)68(61,62)63)2-1-3-37(30)67(58,59)60/h1-19,41-43H,(H,49,50,51)(H,52,53,54)(H,55,56,57)(H,58,59,60)(H,61,62,63). The van der Waals surface area contributed by atoms with Crippen LogP contribution in [0.1, 0.15) is 0 Å². The lowest BCUT2D eigenvalue weighted by atomic mass is 9.89. The van der Waals surface area contributed by atoms with Crippen LogP contribution in [0.5, 0.6) is 0 Å². The van der Waals surface area contributed by atoms with Crippen LogP contribution in [0, 0.1) is 5.41 Å². The highest BCUT2D eigenvalue weighted by Gasteiger charge is 2.30. The zero-order chi connectivity index (χ0) is 49.3. The van der Waals surface area contributed by atoms with Crippen molar-refractivity contribution in [2.45, 2.75) is 19.6 Å². The van der Waals surface area contributed by atoms with Crippen LogP contribution >= 0.6 is 0 Å². The van der Waals surface area contributed by atoms with Gasteiger partial charge in [0.05, 0.1) is 54.4 Å². The molecule has 0 saturated heterocycles.